The van der Waals surface area contributed by atoms with Gasteiger partial charge in [-0.05, 0) is 23.3 Å². The van der Waals surface area contributed by atoms with Gasteiger partial charge in [0, 0.05) is 18.2 Å². The molecule has 1 N–H and O–H groups in total. The molecule has 2 heterocycles. The molecule has 0 radical (unpaired) electrons. The van der Waals surface area contributed by atoms with Gasteiger partial charge in [0.15, 0.2) is 5.13 Å². The zero-order valence-corrected chi connectivity index (χ0v) is 14.5. The number of aryl methyl sites for hydroxylation is 2. The Bertz CT molecular complexity index is 1100. The lowest BCUT2D eigenvalue weighted by Crippen LogP contribution is -2.17. The van der Waals surface area contributed by atoms with Gasteiger partial charge in [-0.2, -0.15) is 5.10 Å². The number of rotatable bonds is 2. The number of amides is 1. The third kappa shape index (κ3) is 1.97. The van der Waals surface area contributed by atoms with Crippen molar-refractivity contribution < 1.29 is 4.79 Å². The van der Waals surface area contributed by atoms with Gasteiger partial charge in [0.2, 0.25) is 0 Å². The summed E-state index contributed by atoms with van der Waals surface area (Å²) < 4.78 is 1.59. The highest BCUT2D eigenvalue weighted by Crippen LogP contribution is 2.50. The fraction of sp³-hybridized carbons (Fsp3) is 0.105. The summed E-state index contributed by atoms with van der Waals surface area (Å²) in [7, 11) is 1.76. The molecule has 0 saturated carbocycles. The van der Waals surface area contributed by atoms with Gasteiger partial charge in [-0.1, -0.05) is 47.7 Å². The Balaban J connectivity index is 1.57. The number of carbonyl (C=O) groups excluding carboxylic acids is 1. The van der Waals surface area contributed by atoms with Gasteiger partial charge in [0.1, 0.15) is 5.69 Å². The average Bonchev–Trinajstić information content (AvgIpc) is 3.24. The standard InChI is InChI=1S/C19H14N4OS/c1-10-9-20-23(2)16(10)18(24)22-19-21-15-12-7-3-5-11-6-4-8-13(14(11)12)17(15)25-19/h3-9H,1-2H3,(H,21,22,24). The Morgan fingerprint density at radius 1 is 1.16 bits per heavy atom. The fourth-order valence-electron chi connectivity index (χ4n) is 3.50. The molecule has 0 bridgehead atoms. The molecular formula is C19H14N4OS. The molecule has 1 aliphatic rings. The van der Waals surface area contributed by atoms with Crippen LogP contribution in [0.1, 0.15) is 16.1 Å². The second kappa shape index (κ2) is 5.00. The predicted molar refractivity (Wildman–Crippen MR) is 99.9 cm³/mol. The predicted octanol–water partition coefficient (Wildman–Crippen LogP) is 4.24. The Morgan fingerprint density at radius 2 is 1.92 bits per heavy atom. The van der Waals surface area contributed by atoms with E-state index in [0.29, 0.717) is 10.8 Å². The molecule has 5 nitrogen and oxygen atoms in total. The van der Waals surface area contributed by atoms with Crippen LogP contribution in [-0.2, 0) is 7.05 Å². The lowest BCUT2D eigenvalue weighted by atomic mass is 10.0. The molecule has 2 aromatic heterocycles. The van der Waals surface area contributed by atoms with Crippen molar-refractivity contribution in [2.75, 3.05) is 5.32 Å². The molecule has 0 fully saturated rings. The zero-order chi connectivity index (χ0) is 17.1. The van der Waals surface area contributed by atoms with Gasteiger partial charge in [-0.3, -0.25) is 14.8 Å². The van der Waals surface area contributed by atoms with Gasteiger partial charge in [-0.15, -0.1) is 0 Å². The maximum Gasteiger partial charge on any atom is 0.275 e. The first kappa shape index (κ1) is 14.4. The number of anilines is 1. The number of thiazole rings is 1. The molecule has 0 unspecified atom stereocenters. The van der Waals surface area contributed by atoms with Crippen LogP contribution in [0.5, 0.6) is 0 Å². The minimum Gasteiger partial charge on any atom is -0.296 e. The molecule has 122 valence electrons. The molecule has 1 amide bonds. The van der Waals surface area contributed by atoms with E-state index >= 15 is 0 Å². The van der Waals surface area contributed by atoms with Crippen molar-refractivity contribution in [3.8, 4) is 21.7 Å². The highest BCUT2D eigenvalue weighted by Gasteiger charge is 2.26. The maximum atomic E-state index is 12.6. The van der Waals surface area contributed by atoms with E-state index in [2.05, 4.69) is 40.7 Å². The average molecular weight is 346 g/mol. The molecule has 0 saturated heterocycles. The second-order valence-electron chi connectivity index (χ2n) is 6.16. The summed E-state index contributed by atoms with van der Waals surface area (Å²) in [6.07, 6.45) is 1.69. The van der Waals surface area contributed by atoms with E-state index < -0.39 is 0 Å². The summed E-state index contributed by atoms with van der Waals surface area (Å²) in [6.45, 7) is 1.88. The molecule has 1 aliphatic carbocycles. The lowest BCUT2D eigenvalue weighted by molar-refractivity contribution is 0.101. The van der Waals surface area contributed by atoms with Gasteiger partial charge < -0.3 is 0 Å². The molecule has 2 aromatic carbocycles. The van der Waals surface area contributed by atoms with Gasteiger partial charge in [0.05, 0.1) is 16.8 Å². The number of benzene rings is 2. The van der Waals surface area contributed by atoms with Gasteiger partial charge in [-0.25, -0.2) is 4.98 Å². The quantitative estimate of drug-likeness (QED) is 0.520. The third-order valence-corrected chi connectivity index (χ3v) is 5.59. The summed E-state index contributed by atoms with van der Waals surface area (Å²) in [5.41, 5.74) is 4.68. The lowest BCUT2D eigenvalue weighted by Gasteiger charge is -2.04. The van der Waals surface area contributed by atoms with Crippen molar-refractivity contribution in [1.82, 2.24) is 14.8 Å². The maximum absolute atomic E-state index is 12.6. The molecule has 0 spiro atoms. The van der Waals surface area contributed by atoms with Gasteiger partial charge >= 0.3 is 0 Å². The van der Waals surface area contributed by atoms with E-state index in [0.717, 1.165) is 21.7 Å². The topological polar surface area (TPSA) is 59.8 Å². The number of hydrogen-bond donors (Lipinski definition) is 1. The van der Waals surface area contributed by atoms with Crippen LogP contribution >= 0.6 is 11.3 Å². The van der Waals surface area contributed by atoms with Crippen LogP contribution in [-0.4, -0.2) is 20.7 Å². The smallest absolute Gasteiger partial charge is 0.275 e. The number of nitrogens with one attached hydrogen (secondary N) is 1. The van der Waals surface area contributed by atoms with Crippen LogP contribution in [0.15, 0.2) is 42.6 Å². The van der Waals surface area contributed by atoms with Crippen molar-refractivity contribution in [3.63, 3.8) is 0 Å². The van der Waals surface area contributed by atoms with E-state index in [1.807, 2.05) is 13.0 Å². The third-order valence-electron chi connectivity index (χ3n) is 4.59. The van der Waals surface area contributed by atoms with E-state index in [1.165, 1.54) is 27.7 Å². The van der Waals surface area contributed by atoms with Crippen LogP contribution in [0.2, 0.25) is 0 Å². The Kier molecular flexibility index (Phi) is 2.87. The molecular weight excluding hydrogens is 332 g/mol. The van der Waals surface area contributed by atoms with Crippen molar-refractivity contribution >= 4 is 33.1 Å². The normalized spacial score (nSPS) is 11.8. The highest BCUT2D eigenvalue weighted by atomic mass is 32.1. The number of aromatic nitrogens is 3. The fourth-order valence-corrected chi connectivity index (χ4v) is 4.50. The molecule has 0 atom stereocenters. The van der Waals surface area contributed by atoms with E-state index in [-0.39, 0.29) is 5.91 Å². The first-order chi connectivity index (χ1) is 12.1. The first-order valence-electron chi connectivity index (χ1n) is 7.97. The summed E-state index contributed by atoms with van der Waals surface area (Å²) in [5, 5.41) is 10.1. The summed E-state index contributed by atoms with van der Waals surface area (Å²) in [6, 6.07) is 12.6. The SMILES string of the molecule is Cc1cnn(C)c1C(=O)Nc1nc2c(s1)-c1cccc3cccc-2c13. The number of carbonyl (C=O) groups is 1. The largest absolute Gasteiger partial charge is 0.296 e. The molecule has 4 aromatic rings. The van der Waals surface area contributed by atoms with Crippen LogP contribution in [0.25, 0.3) is 32.5 Å². The highest BCUT2D eigenvalue weighted by molar-refractivity contribution is 7.20. The summed E-state index contributed by atoms with van der Waals surface area (Å²) >= 11 is 1.52. The molecule has 6 heteroatoms. The Morgan fingerprint density at radius 3 is 2.64 bits per heavy atom. The minimum absolute atomic E-state index is 0.184. The second-order valence-corrected chi connectivity index (χ2v) is 7.16. The Labute approximate surface area is 147 Å². The summed E-state index contributed by atoms with van der Waals surface area (Å²) in [5.74, 6) is -0.184. The number of nitrogens with zero attached hydrogens (tertiary/aromatic N) is 3. The van der Waals surface area contributed by atoms with Crippen molar-refractivity contribution in [3.05, 3.63) is 53.9 Å². The summed E-state index contributed by atoms with van der Waals surface area (Å²) in [4.78, 5) is 18.4. The van der Waals surface area contributed by atoms with Crippen molar-refractivity contribution in [2.45, 2.75) is 6.92 Å². The van der Waals surface area contributed by atoms with E-state index in [4.69, 9.17) is 4.98 Å². The van der Waals surface area contributed by atoms with Crippen molar-refractivity contribution in [1.29, 1.82) is 0 Å². The number of fused-ring (bicyclic) bond motifs is 3. The van der Waals surface area contributed by atoms with Crippen LogP contribution in [0, 0.1) is 6.92 Å². The number of hydrogen-bond acceptors (Lipinski definition) is 4. The van der Waals surface area contributed by atoms with Crippen molar-refractivity contribution in [2.24, 2.45) is 7.05 Å². The Hall–Kier alpha value is -2.99. The molecule has 5 rings (SSSR count). The van der Waals surface area contributed by atoms with E-state index in [9.17, 15) is 4.79 Å². The van der Waals surface area contributed by atoms with E-state index in [1.54, 1.807) is 17.9 Å². The van der Waals surface area contributed by atoms with Crippen LogP contribution < -0.4 is 5.32 Å². The molecule has 25 heavy (non-hydrogen) atoms. The van der Waals surface area contributed by atoms with Crippen LogP contribution in [0.3, 0.4) is 0 Å². The van der Waals surface area contributed by atoms with Crippen LogP contribution in [0.4, 0.5) is 5.13 Å². The minimum atomic E-state index is -0.184. The molecule has 0 aliphatic heterocycles. The monoisotopic (exact) mass is 346 g/mol. The zero-order valence-electron chi connectivity index (χ0n) is 13.7. The first-order valence-corrected chi connectivity index (χ1v) is 8.78. The van der Waals surface area contributed by atoms with Gasteiger partial charge in [0.25, 0.3) is 5.91 Å².